The molecule has 3 fully saturated rings. The standard InChI is InChI=1S/C21H32O/c1-14(22)17-9-10-18-16-8-7-15-6-4-5-12-20(15,2)19(16)11-13-21(17,18)3/h9,15-16,18-19H,4-8,10-13H2,1-3H3/t15-,16+,18-,19+,20+,21+/m1/s1. The molecule has 0 N–H and O–H groups in total. The molecular weight excluding hydrogens is 268 g/mol. The Balaban J connectivity index is 1.64. The molecule has 6 atom stereocenters. The minimum Gasteiger partial charge on any atom is -0.295 e. The Morgan fingerprint density at radius 1 is 1.05 bits per heavy atom. The Morgan fingerprint density at radius 2 is 1.86 bits per heavy atom. The molecule has 0 aromatic rings. The third-order valence-corrected chi connectivity index (χ3v) is 8.54. The van der Waals surface area contributed by atoms with Crippen LogP contribution in [0.4, 0.5) is 0 Å². The molecule has 122 valence electrons. The number of Topliss-reactive ketones (excluding diaryl/α,β-unsaturated/α-hetero) is 1. The van der Waals surface area contributed by atoms with Crippen molar-refractivity contribution in [3.05, 3.63) is 11.6 Å². The molecule has 1 heteroatoms. The van der Waals surface area contributed by atoms with Crippen LogP contribution in [0.25, 0.3) is 0 Å². The molecule has 1 nitrogen and oxygen atoms in total. The third-order valence-electron chi connectivity index (χ3n) is 8.54. The number of rotatable bonds is 1. The van der Waals surface area contributed by atoms with E-state index in [9.17, 15) is 4.79 Å². The minimum atomic E-state index is 0.199. The molecule has 0 heterocycles. The quantitative estimate of drug-likeness (QED) is 0.621. The summed E-state index contributed by atoms with van der Waals surface area (Å²) >= 11 is 0. The largest absolute Gasteiger partial charge is 0.295 e. The first-order valence-corrected chi connectivity index (χ1v) is 9.68. The van der Waals surface area contributed by atoms with Crippen LogP contribution >= 0.6 is 0 Å². The summed E-state index contributed by atoms with van der Waals surface area (Å²) in [5.74, 6) is 3.90. The SMILES string of the molecule is CC(=O)C1=CC[C@@H]2[C@@H]3CC[C@H]4CCCC[C@]4(C)[C@H]3CC[C@@]12C. The van der Waals surface area contributed by atoms with Crippen molar-refractivity contribution in [2.45, 2.75) is 78.6 Å². The maximum Gasteiger partial charge on any atom is 0.156 e. The van der Waals surface area contributed by atoms with Gasteiger partial charge in [0.2, 0.25) is 0 Å². The van der Waals surface area contributed by atoms with E-state index in [0.717, 1.165) is 23.7 Å². The van der Waals surface area contributed by atoms with Crippen molar-refractivity contribution in [2.75, 3.05) is 0 Å². The fourth-order valence-electron chi connectivity index (χ4n) is 7.41. The predicted molar refractivity (Wildman–Crippen MR) is 90.5 cm³/mol. The molecule has 0 unspecified atom stereocenters. The lowest BCUT2D eigenvalue weighted by Crippen LogP contribution is -2.52. The molecule has 0 saturated heterocycles. The molecule has 22 heavy (non-hydrogen) atoms. The van der Waals surface area contributed by atoms with Crippen molar-refractivity contribution in [1.29, 1.82) is 0 Å². The van der Waals surface area contributed by atoms with Crippen LogP contribution in [0, 0.1) is 34.5 Å². The maximum absolute atomic E-state index is 12.1. The van der Waals surface area contributed by atoms with E-state index in [-0.39, 0.29) is 5.41 Å². The van der Waals surface area contributed by atoms with Gasteiger partial charge in [-0.1, -0.05) is 32.8 Å². The Hall–Kier alpha value is -0.590. The van der Waals surface area contributed by atoms with Crippen LogP contribution in [0.2, 0.25) is 0 Å². The van der Waals surface area contributed by atoms with Gasteiger partial charge in [0.1, 0.15) is 0 Å². The van der Waals surface area contributed by atoms with Crippen LogP contribution in [0.5, 0.6) is 0 Å². The zero-order valence-corrected chi connectivity index (χ0v) is 14.7. The summed E-state index contributed by atoms with van der Waals surface area (Å²) in [6.07, 6.45) is 14.9. The Bertz CT molecular complexity index is 518. The smallest absolute Gasteiger partial charge is 0.156 e. The molecule has 3 saturated carbocycles. The van der Waals surface area contributed by atoms with Gasteiger partial charge in [0.25, 0.3) is 0 Å². The van der Waals surface area contributed by atoms with Gasteiger partial charge in [-0.15, -0.1) is 0 Å². The number of carbonyl (C=O) groups excluding carboxylic acids is 1. The van der Waals surface area contributed by atoms with Gasteiger partial charge >= 0.3 is 0 Å². The summed E-state index contributed by atoms with van der Waals surface area (Å²) in [5.41, 5.74) is 1.98. The number of hydrogen-bond acceptors (Lipinski definition) is 1. The topological polar surface area (TPSA) is 17.1 Å². The zero-order chi connectivity index (χ0) is 15.5. The second kappa shape index (κ2) is 4.95. The Kier molecular flexibility index (Phi) is 3.37. The van der Waals surface area contributed by atoms with Crippen LogP contribution in [0.1, 0.15) is 78.6 Å². The Labute approximate surface area is 135 Å². The van der Waals surface area contributed by atoms with Crippen molar-refractivity contribution >= 4 is 5.78 Å². The predicted octanol–water partition coefficient (Wildman–Crippen LogP) is 5.54. The van der Waals surface area contributed by atoms with Gasteiger partial charge in [0.15, 0.2) is 5.78 Å². The average molecular weight is 300 g/mol. The first kappa shape index (κ1) is 15.0. The fraction of sp³-hybridized carbons (Fsp3) is 0.857. The van der Waals surface area contributed by atoms with Gasteiger partial charge in [0.05, 0.1) is 0 Å². The average Bonchev–Trinajstić information content (AvgIpc) is 2.84. The second-order valence-electron chi connectivity index (χ2n) is 9.27. The maximum atomic E-state index is 12.1. The van der Waals surface area contributed by atoms with Crippen LogP contribution in [-0.4, -0.2) is 5.78 Å². The van der Waals surface area contributed by atoms with E-state index in [0.29, 0.717) is 11.2 Å². The molecule has 0 bridgehead atoms. The zero-order valence-electron chi connectivity index (χ0n) is 14.7. The number of carbonyl (C=O) groups is 1. The molecule has 0 amide bonds. The van der Waals surface area contributed by atoms with E-state index < -0.39 is 0 Å². The van der Waals surface area contributed by atoms with Gasteiger partial charge in [-0.3, -0.25) is 4.79 Å². The summed E-state index contributed by atoms with van der Waals surface area (Å²) in [4.78, 5) is 12.1. The molecule has 0 radical (unpaired) electrons. The van der Waals surface area contributed by atoms with Crippen molar-refractivity contribution in [2.24, 2.45) is 34.5 Å². The summed E-state index contributed by atoms with van der Waals surface area (Å²) in [6, 6.07) is 0. The van der Waals surface area contributed by atoms with Crippen LogP contribution < -0.4 is 0 Å². The lowest BCUT2D eigenvalue weighted by molar-refractivity contribution is -0.118. The van der Waals surface area contributed by atoms with Crippen molar-refractivity contribution in [1.82, 2.24) is 0 Å². The fourth-order valence-corrected chi connectivity index (χ4v) is 7.41. The number of fused-ring (bicyclic) bond motifs is 5. The highest BCUT2D eigenvalue weighted by atomic mass is 16.1. The minimum absolute atomic E-state index is 0.199. The first-order chi connectivity index (χ1) is 10.5. The molecular formula is C21H32O. The highest BCUT2D eigenvalue weighted by molar-refractivity contribution is 5.95. The summed E-state index contributed by atoms with van der Waals surface area (Å²) < 4.78 is 0. The number of allylic oxidation sites excluding steroid dienone is 2. The van der Waals surface area contributed by atoms with E-state index in [1.54, 1.807) is 6.92 Å². The van der Waals surface area contributed by atoms with Gasteiger partial charge < -0.3 is 0 Å². The lowest BCUT2D eigenvalue weighted by atomic mass is 9.45. The molecule has 0 aromatic heterocycles. The van der Waals surface area contributed by atoms with Gasteiger partial charge in [-0.25, -0.2) is 0 Å². The van der Waals surface area contributed by atoms with Crippen LogP contribution in [-0.2, 0) is 4.79 Å². The summed E-state index contributed by atoms with van der Waals surface area (Å²) in [5, 5.41) is 0. The van der Waals surface area contributed by atoms with Gasteiger partial charge in [-0.2, -0.15) is 0 Å². The molecule has 4 aliphatic rings. The molecule has 4 rings (SSSR count). The monoisotopic (exact) mass is 300 g/mol. The third kappa shape index (κ3) is 1.86. The normalized spacial score (nSPS) is 50.6. The molecule has 4 aliphatic carbocycles. The lowest BCUT2D eigenvalue weighted by Gasteiger charge is -2.60. The van der Waals surface area contributed by atoms with Crippen LogP contribution in [0.15, 0.2) is 11.6 Å². The van der Waals surface area contributed by atoms with Crippen LogP contribution in [0.3, 0.4) is 0 Å². The van der Waals surface area contributed by atoms with E-state index in [4.69, 9.17) is 0 Å². The first-order valence-electron chi connectivity index (χ1n) is 9.68. The van der Waals surface area contributed by atoms with Gasteiger partial charge in [0, 0.05) is 0 Å². The van der Waals surface area contributed by atoms with E-state index in [2.05, 4.69) is 19.9 Å². The summed E-state index contributed by atoms with van der Waals surface area (Å²) in [7, 11) is 0. The molecule has 0 spiro atoms. The van der Waals surface area contributed by atoms with Crippen molar-refractivity contribution in [3.63, 3.8) is 0 Å². The van der Waals surface area contributed by atoms with E-state index in [1.165, 1.54) is 63.4 Å². The second-order valence-corrected chi connectivity index (χ2v) is 9.27. The highest BCUT2D eigenvalue weighted by Crippen LogP contribution is 2.66. The molecule has 0 aliphatic heterocycles. The van der Waals surface area contributed by atoms with E-state index >= 15 is 0 Å². The number of ketones is 1. The van der Waals surface area contributed by atoms with E-state index in [1.807, 2.05) is 0 Å². The highest BCUT2D eigenvalue weighted by Gasteiger charge is 2.58. The molecule has 0 aromatic carbocycles. The van der Waals surface area contributed by atoms with Gasteiger partial charge in [-0.05, 0) is 91.9 Å². The summed E-state index contributed by atoms with van der Waals surface area (Å²) in [6.45, 7) is 6.82. The van der Waals surface area contributed by atoms with Crippen molar-refractivity contribution < 1.29 is 4.79 Å². The number of hydrogen-bond donors (Lipinski definition) is 0. The van der Waals surface area contributed by atoms with Crippen molar-refractivity contribution in [3.8, 4) is 0 Å². The Morgan fingerprint density at radius 3 is 2.64 bits per heavy atom.